The molecule has 0 aromatic carbocycles. The number of nitrogens with zero attached hydrogens (tertiary/aromatic N) is 5. The molecule has 0 atom stereocenters. The van der Waals surface area contributed by atoms with Crippen molar-refractivity contribution in [1.82, 2.24) is 19.9 Å². The van der Waals surface area contributed by atoms with E-state index in [1.54, 1.807) is 12.4 Å². The molecule has 3 heterocycles. The van der Waals surface area contributed by atoms with Crippen molar-refractivity contribution < 1.29 is 0 Å². The second-order valence-corrected chi connectivity index (χ2v) is 6.00. The number of unbranched alkanes of at least 4 members (excludes halogenated alkanes) is 1. The fraction of sp³-hybridized carbons (Fsp3) is 0.333. The van der Waals surface area contributed by atoms with E-state index in [0.717, 1.165) is 53.3 Å². The number of hydrogen-bond acceptors (Lipinski definition) is 7. The first-order valence-electron chi connectivity index (χ1n) is 8.38. The van der Waals surface area contributed by atoms with Gasteiger partial charge in [0.05, 0.1) is 11.2 Å². The van der Waals surface area contributed by atoms with Crippen LogP contribution in [0.15, 0.2) is 36.8 Å². The molecular weight excluding hydrogens is 314 g/mol. The summed E-state index contributed by atoms with van der Waals surface area (Å²) in [7, 11) is 3.93. The van der Waals surface area contributed by atoms with Gasteiger partial charge in [0.15, 0.2) is 5.82 Å². The average molecular weight is 337 g/mol. The van der Waals surface area contributed by atoms with Crippen LogP contribution >= 0.6 is 0 Å². The molecule has 0 fully saturated rings. The minimum Gasteiger partial charge on any atom is -0.368 e. The van der Waals surface area contributed by atoms with Gasteiger partial charge in [0, 0.05) is 44.8 Å². The van der Waals surface area contributed by atoms with Crippen molar-refractivity contribution in [3.63, 3.8) is 0 Å². The Morgan fingerprint density at radius 1 is 1.08 bits per heavy atom. The average Bonchev–Trinajstić information content (AvgIpc) is 2.65. The summed E-state index contributed by atoms with van der Waals surface area (Å²) in [5.74, 6) is 1.65. The lowest BCUT2D eigenvalue weighted by atomic mass is 10.1. The minimum absolute atomic E-state index is 0.694. The number of anilines is 2. The van der Waals surface area contributed by atoms with Crippen molar-refractivity contribution in [2.24, 2.45) is 5.73 Å². The highest BCUT2D eigenvalue weighted by Crippen LogP contribution is 2.25. The van der Waals surface area contributed by atoms with Gasteiger partial charge in [-0.15, -0.1) is 0 Å². The monoisotopic (exact) mass is 337 g/mol. The Hall–Kier alpha value is -2.80. The molecule has 0 saturated heterocycles. The van der Waals surface area contributed by atoms with Gasteiger partial charge in [-0.25, -0.2) is 15.0 Å². The van der Waals surface area contributed by atoms with E-state index in [4.69, 9.17) is 10.7 Å². The summed E-state index contributed by atoms with van der Waals surface area (Å²) >= 11 is 0. The van der Waals surface area contributed by atoms with Crippen LogP contribution in [0.1, 0.15) is 12.8 Å². The predicted octanol–water partition coefficient (Wildman–Crippen LogP) is 2.30. The normalized spacial score (nSPS) is 10.8. The molecule has 130 valence electrons. The van der Waals surface area contributed by atoms with E-state index in [0.29, 0.717) is 6.54 Å². The molecule has 0 aliphatic heterocycles. The zero-order valence-corrected chi connectivity index (χ0v) is 14.6. The molecule has 7 nitrogen and oxygen atoms in total. The van der Waals surface area contributed by atoms with Crippen LogP contribution < -0.4 is 16.0 Å². The van der Waals surface area contributed by atoms with E-state index < -0.39 is 0 Å². The third kappa shape index (κ3) is 4.00. The van der Waals surface area contributed by atoms with Gasteiger partial charge in [0.2, 0.25) is 0 Å². The molecule has 3 aromatic heterocycles. The van der Waals surface area contributed by atoms with Crippen LogP contribution in [0.25, 0.3) is 22.3 Å². The van der Waals surface area contributed by atoms with Crippen molar-refractivity contribution in [1.29, 1.82) is 0 Å². The number of rotatable bonds is 7. The molecule has 25 heavy (non-hydrogen) atoms. The van der Waals surface area contributed by atoms with Gasteiger partial charge < -0.3 is 16.0 Å². The Labute approximate surface area is 147 Å². The maximum Gasteiger partial charge on any atom is 0.154 e. The number of fused-ring (bicyclic) bond motifs is 1. The molecule has 0 aliphatic carbocycles. The highest BCUT2D eigenvalue weighted by molar-refractivity contribution is 5.88. The van der Waals surface area contributed by atoms with E-state index in [-0.39, 0.29) is 0 Å². The lowest BCUT2D eigenvalue weighted by molar-refractivity contribution is 0.773. The van der Waals surface area contributed by atoms with E-state index in [1.807, 2.05) is 43.4 Å². The smallest absolute Gasteiger partial charge is 0.154 e. The van der Waals surface area contributed by atoms with Gasteiger partial charge in [0.25, 0.3) is 0 Å². The molecule has 3 N–H and O–H groups in total. The molecule has 0 unspecified atom stereocenters. The van der Waals surface area contributed by atoms with Crippen LogP contribution in [0, 0.1) is 0 Å². The number of aromatic nitrogens is 4. The molecule has 7 heteroatoms. The van der Waals surface area contributed by atoms with Crippen molar-refractivity contribution in [3.8, 4) is 11.3 Å². The molecule has 0 saturated carbocycles. The second-order valence-electron chi connectivity index (χ2n) is 6.00. The van der Waals surface area contributed by atoms with Crippen LogP contribution in [0.2, 0.25) is 0 Å². The Morgan fingerprint density at radius 3 is 2.64 bits per heavy atom. The van der Waals surface area contributed by atoms with Gasteiger partial charge in [-0.1, -0.05) is 0 Å². The Morgan fingerprint density at radius 2 is 1.92 bits per heavy atom. The Bertz CT molecular complexity index is 830. The van der Waals surface area contributed by atoms with Gasteiger partial charge in [-0.3, -0.25) is 4.98 Å². The molecule has 0 amide bonds. The zero-order valence-electron chi connectivity index (χ0n) is 14.6. The van der Waals surface area contributed by atoms with Crippen LogP contribution in [0.3, 0.4) is 0 Å². The summed E-state index contributed by atoms with van der Waals surface area (Å²) in [5.41, 5.74) is 8.91. The number of nitrogens with one attached hydrogen (secondary N) is 1. The second kappa shape index (κ2) is 7.85. The van der Waals surface area contributed by atoms with Gasteiger partial charge in [-0.2, -0.15) is 0 Å². The minimum atomic E-state index is 0.694. The number of nitrogens with two attached hydrogens (primary N) is 1. The molecule has 0 spiro atoms. The predicted molar refractivity (Wildman–Crippen MR) is 102 cm³/mol. The fourth-order valence-corrected chi connectivity index (χ4v) is 2.52. The molecule has 0 aliphatic rings. The topological polar surface area (TPSA) is 92.9 Å². The summed E-state index contributed by atoms with van der Waals surface area (Å²) in [5, 5.41) is 3.36. The van der Waals surface area contributed by atoms with Crippen molar-refractivity contribution >= 4 is 22.7 Å². The van der Waals surface area contributed by atoms with Gasteiger partial charge >= 0.3 is 0 Å². The molecule has 3 aromatic rings. The van der Waals surface area contributed by atoms with Crippen LogP contribution in [0.4, 0.5) is 11.6 Å². The van der Waals surface area contributed by atoms with E-state index in [2.05, 4.69) is 20.3 Å². The Kier molecular flexibility index (Phi) is 5.35. The summed E-state index contributed by atoms with van der Waals surface area (Å²) < 4.78 is 0. The maximum atomic E-state index is 5.56. The molecule has 0 bridgehead atoms. The Balaban J connectivity index is 1.95. The van der Waals surface area contributed by atoms with Gasteiger partial charge in [0.1, 0.15) is 11.3 Å². The zero-order chi connectivity index (χ0) is 17.6. The highest BCUT2D eigenvalue weighted by atomic mass is 15.1. The maximum absolute atomic E-state index is 5.56. The van der Waals surface area contributed by atoms with E-state index in [1.165, 1.54) is 0 Å². The van der Waals surface area contributed by atoms with Crippen molar-refractivity contribution in [3.05, 3.63) is 36.8 Å². The molecular formula is C18H23N7. The van der Waals surface area contributed by atoms with Crippen LogP contribution in [-0.2, 0) is 0 Å². The van der Waals surface area contributed by atoms with Gasteiger partial charge in [-0.05, 0) is 37.6 Å². The summed E-state index contributed by atoms with van der Waals surface area (Å²) in [6.07, 6.45) is 7.17. The first-order valence-corrected chi connectivity index (χ1v) is 8.38. The summed E-state index contributed by atoms with van der Waals surface area (Å²) in [4.78, 5) is 20.0. The number of hydrogen-bond donors (Lipinski definition) is 2. The lowest BCUT2D eigenvalue weighted by Gasteiger charge is -2.12. The lowest BCUT2D eigenvalue weighted by Crippen LogP contribution is -2.10. The quantitative estimate of drug-likeness (QED) is 0.639. The third-order valence-corrected chi connectivity index (χ3v) is 3.88. The fourth-order valence-electron chi connectivity index (χ4n) is 2.52. The largest absolute Gasteiger partial charge is 0.368 e. The van der Waals surface area contributed by atoms with E-state index >= 15 is 0 Å². The van der Waals surface area contributed by atoms with Crippen LogP contribution in [0.5, 0.6) is 0 Å². The first kappa shape index (κ1) is 17.0. The SMILES string of the molecule is CN(C)c1ccc(-c2cc3nccnc3c(NCCCCN)n2)cn1. The first-order chi connectivity index (χ1) is 12.2. The summed E-state index contributed by atoms with van der Waals surface area (Å²) in [6.45, 7) is 1.50. The summed E-state index contributed by atoms with van der Waals surface area (Å²) in [6, 6.07) is 5.94. The third-order valence-electron chi connectivity index (χ3n) is 3.88. The molecule has 0 radical (unpaired) electrons. The number of pyridine rings is 2. The van der Waals surface area contributed by atoms with E-state index in [9.17, 15) is 0 Å². The van der Waals surface area contributed by atoms with Crippen molar-refractivity contribution in [2.75, 3.05) is 37.4 Å². The standard InChI is InChI=1S/C18H23N7/c1-25(2)16-6-5-13(12-23-16)14-11-15-17(21-10-9-20-15)18(24-14)22-8-4-3-7-19/h5-6,9-12H,3-4,7-8,19H2,1-2H3,(H,22,24). The molecule has 3 rings (SSSR count). The highest BCUT2D eigenvalue weighted by Gasteiger charge is 2.10. The van der Waals surface area contributed by atoms with Crippen molar-refractivity contribution in [2.45, 2.75) is 12.8 Å². The van der Waals surface area contributed by atoms with Crippen LogP contribution in [-0.4, -0.2) is 47.1 Å².